The van der Waals surface area contributed by atoms with Crippen molar-refractivity contribution < 1.29 is 14.3 Å². The minimum absolute atomic E-state index is 0.0162. The molecule has 0 atom stereocenters. The molecule has 2 amide bonds. The molecule has 1 aromatic carbocycles. The molecular weight excluding hydrogens is 458 g/mol. The van der Waals surface area contributed by atoms with Crippen LogP contribution in [0.5, 0.6) is 5.75 Å². The number of piperidine rings is 2. The van der Waals surface area contributed by atoms with Crippen LogP contribution in [0.2, 0.25) is 0 Å². The summed E-state index contributed by atoms with van der Waals surface area (Å²) in [5.74, 6) is 0.822. The summed E-state index contributed by atoms with van der Waals surface area (Å²) in [5.41, 5.74) is 2.39. The van der Waals surface area contributed by atoms with Gasteiger partial charge in [-0.25, -0.2) is 4.52 Å². The van der Waals surface area contributed by atoms with Crippen LogP contribution in [0.4, 0.5) is 0 Å². The summed E-state index contributed by atoms with van der Waals surface area (Å²) in [5, 5.41) is 19.1. The van der Waals surface area contributed by atoms with Gasteiger partial charge >= 0.3 is 0 Å². The van der Waals surface area contributed by atoms with Gasteiger partial charge in [0.25, 0.3) is 5.91 Å². The number of aryl methyl sites for hydroxylation is 2. The Bertz CT molecular complexity index is 1270. The minimum atomic E-state index is -0.970. The molecule has 0 radical (unpaired) electrons. The molecule has 0 saturated carbocycles. The number of methoxy groups -OCH3 is 1. The highest BCUT2D eigenvalue weighted by molar-refractivity contribution is 5.98. The highest BCUT2D eigenvalue weighted by Crippen LogP contribution is 2.35. The fourth-order valence-electron chi connectivity index (χ4n) is 5.51. The molecule has 0 aliphatic carbocycles. The van der Waals surface area contributed by atoms with Gasteiger partial charge in [0.15, 0.2) is 11.3 Å². The van der Waals surface area contributed by atoms with Gasteiger partial charge in [-0.2, -0.15) is 5.10 Å². The van der Waals surface area contributed by atoms with Crippen molar-refractivity contribution in [1.29, 1.82) is 0 Å². The lowest BCUT2D eigenvalue weighted by Crippen LogP contribution is -2.64. The fraction of sp³-hybridized carbons (Fsp3) is 0.500. The monoisotopic (exact) mass is 491 g/mol. The Balaban J connectivity index is 1.34. The Hall–Kier alpha value is -3.53. The Morgan fingerprint density at radius 1 is 1.11 bits per heavy atom. The van der Waals surface area contributed by atoms with Crippen LogP contribution >= 0.6 is 0 Å². The normalized spacial score (nSPS) is 18.2. The van der Waals surface area contributed by atoms with E-state index in [-0.39, 0.29) is 11.6 Å². The maximum absolute atomic E-state index is 13.9. The number of benzene rings is 1. The molecule has 3 aromatic rings. The second-order valence-corrected chi connectivity index (χ2v) is 9.78. The number of aromatic nitrogens is 4. The van der Waals surface area contributed by atoms with Gasteiger partial charge < -0.3 is 20.3 Å². The number of hydrogen-bond acceptors (Lipinski definition) is 7. The lowest BCUT2D eigenvalue weighted by Gasteiger charge is -2.42. The Labute approximate surface area is 210 Å². The van der Waals surface area contributed by atoms with Gasteiger partial charge in [0, 0.05) is 19.2 Å². The maximum atomic E-state index is 13.9. The average molecular weight is 492 g/mol. The molecule has 2 fully saturated rings. The van der Waals surface area contributed by atoms with Crippen LogP contribution in [0.3, 0.4) is 0 Å². The summed E-state index contributed by atoms with van der Waals surface area (Å²) < 4.78 is 7.18. The van der Waals surface area contributed by atoms with E-state index in [2.05, 4.69) is 32.0 Å². The van der Waals surface area contributed by atoms with Gasteiger partial charge in [0.1, 0.15) is 11.3 Å². The number of ether oxygens (including phenoxy) is 1. The van der Waals surface area contributed by atoms with Crippen molar-refractivity contribution in [1.82, 2.24) is 35.3 Å². The first kappa shape index (κ1) is 24.2. The third kappa shape index (κ3) is 4.41. The molecule has 2 aliphatic rings. The smallest absolute Gasteiger partial charge is 0.274 e. The van der Waals surface area contributed by atoms with E-state index in [4.69, 9.17) is 4.74 Å². The van der Waals surface area contributed by atoms with Crippen molar-refractivity contribution in [2.75, 3.05) is 33.3 Å². The molecule has 4 heterocycles. The zero-order valence-corrected chi connectivity index (χ0v) is 21.1. The van der Waals surface area contributed by atoms with Crippen LogP contribution in [0.15, 0.2) is 30.3 Å². The number of nitrogens with one attached hydrogen (secondary N) is 2. The van der Waals surface area contributed by atoms with Gasteiger partial charge in [-0.3, -0.25) is 9.59 Å². The van der Waals surface area contributed by atoms with E-state index in [1.807, 2.05) is 36.1 Å². The van der Waals surface area contributed by atoms with Crippen LogP contribution in [-0.2, 0) is 4.79 Å². The molecular formula is C26H33N7O3. The van der Waals surface area contributed by atoms with E-state index in [1.165, 1.54) is 5.56 Å². The summed E-state index contributed by atoms with van der Waals surface area (Å²) in [6.45, 7) is 6.27. The lowest BCUT2D eigenvalue weighted by molar-refractivity contribution is -0.140. The lowest BCUT2D eigenvalue weighted by atomic mass is 9.84. The van der Waals surface area contributed by atoms with Crippen molar-refractivity contribution in [2.45, 2.75) is 51.0 Å². The topological polar surface area (TPSA) is 114 Å². The molecule has 2 aliphatic heterocycles. The highest BCUT2D eigenvalue weighted by Gasteiger charge is 2.44. The molecule has 36 heavy (non-hydrogen) atoms. The number of rotatable bonds is 5. The Morgan fingerprint density at radius 3 is 2.56 bits per heavy atom. The molecule has 2 saturated heterocycles. The highest BCUT2D eigenvalue weighted by atomic mass is 16.5. The van der Waals surface area contributed by atoms with Crippen LogP contribution < -0.4 is 15.4 Å². The molecule has 0 spiro atoms. The molecule has 10 heteroatoms. The number of likely N-dealkylation sites (tertiary alicyclic amines) is 1. The quantitative estimate of drug-likeness (QED) is 0.561. The summed E-state index contributed by atoms with van der Waals surface area (Å²) >= 11 is 0. The van der Waals surface area contributed by atoms with E-state index in [9.17, 15) is 9.59 Å². The standard InChI is InChI=1S/C26H33N7O3/c1-17-16-22-29-30-23(18(2)33(22)31-17)24(34)28-26(10-12-27-13-11-26)25(35)32-14-8-19(9-15-32)20-6-4-5-7-21(20)36-3/h4-7,16,19,27H,8-15H2,1-3H3,(H,28,34). The molecule has 10 nitrogen and oxygen atoms in total. The third-order valence-electron chi connectivity index (χ3n) is 7.52. The zero-order chi connectivity index (χ0) is 25.3. The van der Waals surface area contributed by atoms with Gasteiger partial charge in [-0.15, -0.1) is 10.2 Å². The molecule has 0 bridgehead atoms. The zero-order valence-electron chi connectivity index (χ0n) is 21.1. The minimum Gasteiger partial charge on any atom is -0.496 e. The summed E-state index contributed by atoms with van der Waals surface area (Å²) in [6.07, 6.45) is 2.77. The maximum Gasteiger partial charge on any atom is 0.274 e. The van der Waals surface area contributed by atoms with Crippen molar-refractivity contribution >= 4 is 17.5 Å². The van der Waals surface area contributed by atoms with Crippen molar-refractivity contribution in [3.8, 4) is 5.75 Å². The van der Waals surface area contributed by atoms with E-state index in [0.29, 0.717) is 56.3 Å². The third-order valence-corrected chi connectivity index (χ3v) is 7.52. The second kappa shape index (κ2) is 9.85. The van der Waals surface area contributed by atoms with E-state index in [0.717, 1.165) is 24.3 Å². The predicted molar refractivity (Wildman–Crippen MR) is 134 cm³/mol. The first-order valence-corrected chi connectivity index (χ1v) is 12.6. The Morgan fingerprint density at radius 2 is 1.83 bits per heavy atom. The van der Waals surface area contributed by atoms with Gasteiger partial charge in [-0.05, 0) is 70.2 Å². The van der Waals surface area contributed by atoms with Crippen molar-refractivity contribution in [3.05, 3.63) is 53.0 Å². The predicted octanol–water partition coefficient (Wildman–Crippen LogP) is 2.01. The van der Waals surface area contributed by atoms with E-state index in [1.54, 1.807) is 18.5 Å². The average Bonchev–Trinajstić information content (AvgIpc) is 3.30. The number of fused-ring (bicyclic) bond motifs is 1. The number of nitrogens with zero attached hydrogens (tertiary/aromatic N) is 5. The molecule has 0 unspecified atom stereocenters. The van der Waals surface area contributed by atoms with Crippen LogP contribution in [0, 0.1) is 13.8 Å². The van der Waals surface area contributed by atoms with Gasteiger partial charge in [-0.1, -0.05) is 18.2 Å². The largest absolute Gasteiger partial charge is 0.496 e. The van der Waals surface area contributed by atoms with Crippen molar-refractivity contribution in [2.24, 2.45) is 0 Å². The number of carbonyl (C=O) groups excluding carboxylic acids is 2. The molecule has 5 rings (SSSR count). The SMILES string of the molecule is COc1ccccc1C1CCN(C(=O)C2(NC(=O)c3nnc4cc(C)nn4c3C)CCNCC2)CC1. The summed E-state index contributed by atoms with van der Waals surface area (Å²) in [4.78, 5) is 29.3. The van der Waals surface area contributed by atoms with Gasteiger partial charge in [0.05, 0.1) is 18.5 Å². The molecule has 2 aromatic heterocycles. The van der Waals surface area contributed by atoms with Crippen molar-refractivity contribution in [3.63, 3.8) is 0 Å². The van der Waals surface area contributed by atoms with Gasteiger partial charge in [0.2, 0.25) is 5.91 Å². The van der Waals surface area contributed by atoms with Crippen LogP contribution in [0.25, 0.3) is 5.65 Å². The fourth-order valence-corrected chi connectivity index (χ4v) is 5.51. The summed E-state index contributed by atoms with van der Waals surface area (Å²) in [6, 6.07) is 9.91. The van der Waals surface area contributed by atoms with Crippen LogP contribution in [-0.4, -0.2) is 75.4 Å². The molecule has 190 valence electrons. The first-order valence-electron chi connectivity index (χ1n) is 12.6. The van der Waals surface area contributed by atoms with E-state index < -0.39 is 11.4 Å². The number of carbonyl (C=O) groups is 2. The first-order chi connectivity index (χ1) is 17.4. The number of para-hydroxylation sites is 1. The second-order valence-electron chi connectivity index (χ2n) is 9.78. The number of hydrogen-bond donors (Lipinski definition) is 2. The Kier molecular flexibility index (Phi) is 6.61. The van der Waals surface area contributed by atoms with Crippen LogP contribution in [0.1, 0.15) is 59.0 Å². The molecule has 2 N–H and O–H groups in total. The number of amides is 2. The summed E-state index contributed by atoms with van der Waals surface area (Å²) in [7, 11) is 1.69. The van der Waals surface area contributed by atoms with E-state index >= 15 is 0 Å².